The molecule has 0 aromatic heterocycles. The van der Waals surface area contributed by atoms with E-state index in [1.807, 2.05) is 18.2 Å². The number of benzene rings is 2. The maximum atomic E-state index is 9.45. The molecule has 20 heavy (non-hydrogen) atoms. The number of methoxy groups -OCH3 is 1. The molecule has 0 spiro atoms. The minimum absolute atomic E-state index is 0.00188. The molecule has 2 aromatic rings. The molecule has 5 heteroatoms. The third kappa shape index (κ3) is 2.34. The summed E-state index contributed by atoms with van der Waals surface area (Å²) in [4.78, 5) is 0. The number of ether oxygens (including phenoxy) is 2. The van der Waals surface area contributed by atoms with Gasteiger partial charge in [-0.15, -0.1) is 0 Å². The Balaban J connectivity index is 1.89. The lowest BCUT2D eigenvalue weighted by Gasteiger charge is -2.16. The lowest BCUT2D eigenvalue weighted by atomic mass is 10.1. The number of phenolic OH excluding ortho intramolecular Hbond substituents is 1. The number of nitrogens with one attached hydrogen (secondary N) is 1. The molecular weight excluding hydrogens is 278 g/mol. The van der Waals surface area contributed by atoms with Gasteiger partial charge in [0.1, 0.15) is 23.9 Å². The van der Waals surface area contributed by atoms with Gasteiger partial charge in [-0.05, 0) is 30.3 Å². The first-order valence-corrected chi connectivity index (χ1v) is 6.61. The SMILES string of the molecule is COc1ccc(Cl)cc1NC1COc2cc(O)ccc21. The molecule has 1 aliphatic heterocycles. The summed E-state index contributed by atoms with van der Waals surface area (Å²) in [6.45, 7) is 0.494. The first kappa shape index (κ1) is 12.9. The molecule has 0 saturated heterocycles. The smallest absolute Gasteiger partial charge is 0.142 e. The van der Waals surface area contributed by atoms with E-state index in [0.29, 0.717) is 17.4 Å². The van der Waals surface area contributed by atoms with Crippen molar-refractivity contribution in [3.63, 3.8) is 0 Å². The Morgan fingerprint density at radius 1 is 1.30 bits per heavy atom. The van der Waals surface area contributed by atoms with Gasteiger partial charge >= 0.3 is 0 Å². The van der Waals surface area contributed by atoms with Crippen LogP contribution in [0.15, 0.2) is 36.4 Å². The molecule has 0 saturated carbocycles. The van der Waals surface area contributed by atoms with E-state index in [1.165, 1.54) is 0 Å². The van der Waals surface area contributed by atoms with E-state index >= 15 is 0 Å². The zero-order chi connectivity index (χ0) is 14.1. The van der Waals surface area contributed by atoms with Crippen LogP contribution in [-0.2, 0) is 0 Å². The molecule has 1 aliphatic rings. The standard InChI is InChI=1S/C15H14ClNO3/c1-19-14-5-2-9(16)6-12(14)17-13-8-20-15-7-10(18)3-4-11(13)15/h2-7,13,17-18H,8H2,1H3. The normalized spacial score (nSPS) is 16.4. The van der Waals surface area contributed by atoms with Crippen LogP contribution in [-0.4, -0.2) is 18.8 Å². The van der Waals surface area contributed by atoms with Crippen LogP contribution in [0, 0.1) is 0 Å². The molecule has 1 atom stereocenters. The largest absolute Gasteiger partial charge is 0.508 e. The first-order valence-electron chi connectivity index (χ1n) is 6.23. The fourth-order valence-corrected chi connectivity index (χ4v) is 2.47. The Labute approximate surface area is 121 Å². The number of anilines is 1. The quantitative estimate of drug-likeness (QED) is 0.907. The summed E-state index contributed by atoms with van der Waals surface area (Å²) in [5.41, 5.74) is 1.82. The van der Waals surface area contributed by atoms with Crippen molar-refractivity contribution in [3.05, 3.63) is 47.0 Å². The predicted octanol–water partition coefficient (Wildman–Crippen LogP) is 3.60. The van der Waals surface area contributed by atoms with Crippen LogP contribution in [0.1, 0.15) is 11.6 Å². The summed E-state index contributed by atoms with van der Waals surface area (Å²) in [6, 6.07) is 10.5. The van der Waals surface area contributed by atoms with Crippen LogP contribution in [0.2, 0.25) is 5.02 Å². The number of hydrogen-bond acceptors (Lipinski definition) is 4. The molecule has 1 heterocycles. The maximum Gasteiger partial charge on any atom is 0.142 e. The summed E-state index contributed by atoms with van der Waals surface area (Å²) < 4.78 is 10.9. The van der Waals surface area contributed by atoms with Gasteiger partial charge in [-0.3, -0.25) is 0 Å². The highest BCUT2D eigenvalue weighted by Gasteiger charge is 2.25. The molecule has 2 aromatic carbocycles. The molecular formula is C15H14ClNO3. The van der Waals surface area contributed by atoms with Gasteiger partial charge in [0.05, 0.1) is 18.8 Å². The summed E-state index contributed by atoms with van der Waals surface area (Å²) in [5.74, 6) is 1.62. The molecule has 0 bridgehead atoms. The van der Waals surface area contributed by atoms with Gasteiger partial charge in [-0.25, -0.2) is 0 Å². The zero-order valence-electron chi connectivity index (χ0n) is 10.9. The Bertz CT molecular complexity index is 645. The van der Waals surface area contributed by atoms with Crippen molar-refractivity contribution in [1.29, 1.82) is 0 Å². The van der Waals surface area contributed by atoms with E-state index in [2.05, 4.69) is 5.32 Å². The fraction of sp³-hybridized carbons (Fsp3) is 0.200. The van der Waals surface area contributed by atoms with E-state index in [1.54, 1.807) is 25.3 Å². The topological polar surface area (TPSA) is 50.7 Å². The number of aromatic hydroxyl groups is 1. The third-order valence-electron chi connectivity index (χ3n) is 3.27. The molecule has 2 N–H and O–H groups in total. The van der Waals surface area contributed by atoms with Gasteiger partial charge in [0.2, 0.25) is 0 Å². The molecule has 4 nitrogen and oxygen atoms in total. The van der Waals surface area contributed by atoms with Crippen molar-refractivity contribution in [3.8, 4) is 17.2 Å². The lowest BCUT2D eigenvalue weighted by Crippen LogP contribution is -2.12. The van der Waals surface area contributed by atoms with Crippen LogP contribution < -0.4 is 14.8 Å². The van der Waals surface area contributed by atoms with E-state index in [0.717, 1.165) is 17.0 Å². The highest BCUT2D eigenvalue weighted by Crippen LogP contribution is 2.38. The minimum atomic E-state index is -0.00188. The summed E-state index contributed by atoms with van der Waals surface area (Å²) in [7, 11) is 1.62. The Kier molecular flexibility index (Phi) is 3.32. The van der Waals surface area contributed by atoms with Gasteiger partial charge in [0.25, 0.3) is 0 Å². The molecule has 0 fully saturated rings. The molecule has 104 valence electrons. The Morgan fingerprint density at radius 3 is 2.95 bits per heavy atom. The number of hydrogen-bond donors (Lipinski definition) is 2. The lowest BCUT2D eigenvalue weighted by molar-refractivity contribution is 0.337. The van der Waals surface area contributed by atoms with E-state index in [9.17, 15) is 5.11 Å². The van der Waals surface area contributed by atoms with Crippen LogP contribution in [0.5, 0.6) is 17.2 Å². The number of fused-ring (bicyclic) bond motifs is 1. The third-order valence-corrected chi connectivity index (χ3v) is 3.50. The summed E-state index contributed by atoms with van der Waals surface area (Å²) in [5, 5.41) is 13.5. The van der Waals surface area contributed by atoms with Crippen molar-refractivity contribution in [2.75, 3.05) is 19.0 Å². The van der Waals surface area contributed by atoms with E-state index < -0.39 is 0 Å². The van der Waals surface area contributed by atoms with Gasteiger partial charge in [-0.1, -0.05) is 11.6 Å². The Hall–Kier alpha value is -2.07. The van der Waals surface area contributed by atoms with Crippen molar-refractivity contribution in [2.24, 2.45) is 0 Å². The van der Waals surface area contributed by atoms with Crippen LogP contribution in [0.25, 0.3) is 0 Å². The number of halogens is 1. The summed E-state index contributed by atoms with van der Waals surface area (Å²) in [6.07, 6.45) is 0. The van der Waals surface area contributed by atoms with Gasteiger partial charge in [0.15, 0.2) is 0 Å². The van der Waals surface area contributed by atoms with Gasteiger partial charge < -0.3 is 19.9 Å². The molecule has 0 amide bonds. The summed E-state index contributed by atoms with van der Waals surface area (Å²) >= 11 is 6.02. The van der Waals surface area contributed by atoms with Crippen LogP contribution >= 0.6 is 11.6 Å². The second-order valence-corrected chi connectivity index (χ2v) is 5.01. The minimum Gasteiger partial charge on any atom is -0.508 e. The fourth-order valence-electron chi connectivity index (χ4n) is 2.30. The monoisotopic (exact) mass is 291 g/mol. The van der Waals surface area contributed by atoms with Crippen molar-refractivity contribution < 1.29 is 14.6 Å². The number of phenols is 1. The van der Waals surface area contributed by atoms with Crippen molar-refractivity contribution >= 4 is 17.3 Å². The average Bonchev–Trinajstić information content (AvgIpc) is 2.81. The highest BCUT2D eigenvalue weighted by atomic mass is 35.5. The highest BCUT2D eigenvalue weighted by molar-refractivity contribution is 6.30. The predicted molar refractivity (Wildman–Crippen MR) is 78.0 cm³/mol. The van der Waals surface area contributed by atoms with Crippen molar-refractivity contribution in [2.45, 2.75) is 6.04 Å². The van der Waals surface area contributed by atoms with Gasteiger partial charge in [-0.2, -0.15) is 0 Å². The van der Waals surface area contributed by atoms with E-state index in [4.69, 9.17) is 21.1 Å². The number of rotatable bonds is 3. The Morgan fingerprint density at radius 2 is 2.15 bits per heavy atom. The molecule has 0 radical (unpaired) electrons. The molecule has 3 rings (SSSR count). The van der Waals surface area contributed by atoms with E-state index in [-0.39, 0.29) is 11.8 Å². The first-order chi connectivity index (χ1) is 9.67. The van der Waals surface area contributed by atoms with Crippen molar-refractivity contribution in [1.82, 2.24) is 0 Å². The van der Waals surface area contributed by atoms with Crippen LogP contribution in [0.3, 0.4) is 0 Å². The van der Waals surface area contributed by atoms with Gasteiger partial charge in [0, 0.05) is 16.7 Å². The molecule has 0 aliphatic carbocycles. The second kappa shape index (κ2) is 5.13. The molecule has 1 unspecified atom stereocenters. The van der Waals surface area contributed by atoms with Crippen LogP contribution in [0.4, 0.5) is 5.69 Å². The maximum absolute atomic E-state index is 9.45. The second-order valence-electron chi connectivity index (χ2n) is 4.57. The zero-order valence-corrected chi connectivity index (χ0v) is 11.6. The average molecular weight is 292 g/mol.